The number of ether oxygens (including phenoxy) is 2. The van der Waals surface area contributed by atoms with E-state index in [0.29, 0.717) is 30.3 Å². The van der Waals surface area contributed by atoms with Crippen molar-refractivity contribution >= 4 is 5.97 Å². The van der Waals surface area contributed by atoms with Crippen molar-refractivity contribution in [2.75, 3.05) is 6.61 Å². The van der Waals surface area contributed by atoms with Gasteiger partial charge in [0.25, 0.3) is 0 Å². The first-order valence-corrected chi connectivity index (χ1v) is 11.4. The van der Waals surface area contributed by atoms with Crippen LogP contribution in [-0.4, -0.2) is 23.8 Å². The van der Waals surface area contributed by atoms with E-state index in [2.05, 4.69) is 40.3 Å². The molecule has 0 N–H and O–H groups in total. The van der Waals surface area contributed by atoms with E-state index in [4.69, 9.17) is 9.47 Å². The van der Waals surface area contributed by atoms with Crippen molar-refractivity contribution in [3.05, 3.63) is 23.8 Å². The molecule has 28 heavy (non-hydrogen) atoms. The summed E-state index contributed by atoms with van der Waals surface area (Å²) in [5.41, 5.74) is 2.63. The van der Waals surface area contributed by atoms with Crippen molar-refractivity contribution in [2.45, 2.75) is 64.6 Å². The first kappa shape index (κ1) is 16.7. The summed E-state index contributed by atoms with van der Waals surface area (Å²) in [6.45, 7) is 14.5. The van der Waals surface area contributed by atoms with Crippen LogP contribution in [0.3, 0.4) is 0 Å². The number of esters is 1. The minimum atomic E-state index is -0.303. The zero-order chi connectivity index (χ0) is 19.4. The molecule has 3 nitrogen and oxygen atoms in total. The van der Waals surface area contributed by atoms with Crippen LogP contribution in [0.5, 0.6) is 0 Å². The van der Waals surface area contributed by atoms with Crippen LogP contribution < -0.4 is 0 Å². The maximum absolute atomic E-state index is 13.4. The summed E-state index contributed by atoms with van der Waals surface area (Å²) in [4.78, 5) is 13.4. The molecule has 2 saturated heterocycles. The van der Waals surface area contributed by atoms with E-state index in [1.54, 1.807) is 0 Å². The van der Waals surface area contributed by atoms with Gasteiger partial charge in [-0.2, -0.15) is 0 Å². The highest BCUT2D eigenvalue weighted by molar-refractivity contribution is 5.79. The topological polar surface area (TPSA) is 35.5 Å². The van der Waals surface area contributed by atoms with Gasteiger partial charge in [0.1, 0.15) is 5.60 Å². The van der Waals surface area contributed by atoms with Crippen LogP contribution in [0.15, 0.2) is 23.8 Å². The van der Waals surface area contributed by atoms with E-state index in [1.807, 2.05) is 0 Å². The van der Waals surface area contributed by atoms with Crippen LogP contribution >= 0.6 is 0 Å². The quantitative estimate of drug-likeness (QED) is 0.458. The first-order chi connectivity index (χ1) is 13.2. The summed E-state index contributed by atoms with van der Waals surface area (Å²) in [5.74, 6) is 3.18. The number of rotatable bonds is 0. The lowest BCUT2D eigenvalue weighted by Crippen LogP contribution is -2.69. The Morgan fingerprint density at radius 1 is 1.11 bits per heavy atom. The predicted octanol–water partition coefficient (Wildman–Crippen LogP) is 4.53. The molecule has 0 aromatic heterocycles. The van der Waals surface area contributed by atoms with Gasteiger partial charge in [0.15, 0.2) is 0 Å². The van der Waals surface area contributed by atoms with E-state index < -0.39 is 0 Å². The smallest absolute Gasteiger partial charge is 0.312 e. The van der Waals surface area contributed by atoms with Gasteiger partial charge >= 0.3 is 5.97 Å². The van der Waals surface area contributed by atoms with Crippen LogP contribution in [0.4, 0.5) is 0 Å². The Labute approximate surface area is 167 Å². The molecule has 4 saturated carbocycles. The number of hydrogen-bond donors (Lipinski definition) is 0. The Morgan fingerprint density at radius 2 is 1.89 bits per heavy atom. The maximum Gasteiger partial charge on any atom is 0.312 e. The molecule has 6 fully saturated rings. The Kier molecular flexibility index (Phi) is 2.58. The third kappa shape index (κ3) is 1.34. The summed E-state index contributed by atoms with van der Waals surface area (Å²) in [7, 11) is 0. The zero-order valence-electron chi connectivity index (χ0n) is 17.6. The predicted molar refractivity (Wildman–Crippen MR) is 105 cm³/mol. The van der Waals surface area contributed by atoms with Gasteiger partial charge in [0, 0.05) is 17.3 Å². The van der Waals surface area contributed by atoms with E-state index in [9.17, 15) is 4.79 Å². The van der Waals surface area contributed by atoms with Gasteiger partial charge in [-0.1, -0.05) is 30.7 Å². The van der Waals surface area contributed by atoms with Crippen molar-refractivity contribution < 1.29 is 14.3 Å². The van der Waals surface area contributed by atoms with E-state index in [0.717, 1.165) is 31.1 Å². The van der Waals surface area contributed by atoms with Crippen molar-refractivity contribution in [3.63, 3.8) is 0 Å². The Balaban J connectivity index is 1.54. The molecule has 150 valence electrons. The van der Waals surface area contributed by atoms with Gasteiger partial charge < -0.3 is 9.47 Å². The second-order valence-electron chi connectivity index (χ2n) is 11.9. The fourth-order valence-electron chi connectivity index (χ4n) is 10.2. The molecule has 0 radical (unpaired) electrons. The van der Waals surface area contributed by atoms with Crippen LogP contribution in [0, 0.1) is 52.3 Å². The van der Waals surface area contributed by atoms with Crippen molar-refractivity contribution in [1.82, 2.24) is 0 Å². The second kappa shape index (κ2) is 4.33. The van der Waals surface area contributed by atoms with Gasteiger partial charge in [0.2, 0.25) is 0 Å². The molecular weight excluding hydrogens is 348 g/mol. The average molecular weight is 381 g/mol. The summed E-state index contributed by atoms with van der Waals surface area (Å²) in [5, 5.41) is 0. The minimum absolute atomic E-state index is 0.0337. The summed E-state index contributed by atoms with van der Waals surface area (Å²) >= 11 is 0. The van der Waals surface area contributed by atoms with Crippen molar-refractivity contribution in [2.24, 2.45) is 52.3 Å². The molecule has 7 rings (SSSR count). The van der Waals surface area contributed by atoms with Crippen LogP contribution in [0.1, 0.15) is 53.4 Å². The van der Waals surface area contributed by atoms with Crippen molar-refractivity contribution in [1.29, 1.82) is 0 Å². The molecule has 5 aliphatic carbocycles. The second-order valence-corrected chi connectivity index (χ2v) is 11.9. The molecule has 0 aromatic carbocycles. The molecule has 0 aromatic rings. The highest BCUT2D eigenvalue weighted by Crippen LogP contribution is 2.85. The summed E-state index contributed by atoms with van der Waals surface area (Å²) < 4.78 is 13.1. The van der Waals surface area contributed by atoms with E-state index >= 15 is 0 Å². The first-order valence-electron chi connectivity index (χ1n) is 11.4. The fraction of sp³-hybridized carbons (Fsp3) is 0.800. The molecule has 10 atom stereocenters. The maximum atomic E-state index is 13.4. The van der Waals surface area contributed by atoms with Crippen molar-refractivity contribution in [3.8, 4) is 0 Å². The Morgan fingerprint density at radius 3 is 2.68 bits per heavy atom. The largest absolute Gasteiger partial charge is 0.457 e. The van der Waals surface area contributed by atoms with Crippen LogP contribution in [-0.2, 0) is 14.3 Å². The van der Waals surface area contributed by atoms with Gasteiger partial charge in [0.05, 0.1) is 18.1 Å². The molecule has 2 heterocycles. The standard InChI is InChI=1S/C25H32O3/c1-12-6-7-19-23(5)16-8-14(16)13(2)17(23)10-24-18-11-27-22(3,4)20(24)9-15(12)25(19,24)28-21(18)26/h6,14-20H,2,7-11H2,1,3-5H3/t14-,15+,16-,17+,18+,19+,20+,23+,24-,25-/m1/s1. The third-order valence-corrected chi connectivity index (χ3v) is 11.3. The van der Waals surface area contributed by atoms with E-state index in [1.165, 1.54) is 17.6 Å². The zero-order valence-corrected chi connectivity index (χ0v) is 17.6. The van der Waals surface area contributed by atoms with Gasteiger partial charge in [-0.3, -0.25) is 4.79 Å². The Hall–Kier alpha value is -1.09. The van der Waals surface area contributed by atoms with Crippen LogP contribution in [0.25, 0.3) is 0 Å². The monoisotopic (exact) mass is 380 g/mol. The summed E-state index contributed by atoms with van der Waals surface area (Å²) in [6, 6.07) is 0. The SMILES string of the molecule is C=C1[C@H]2C[C@H]2[C@@]2(C)[C@H]1C[C@@]13[C@H]4COC(C)(C)[C@@H]1C[C@H]1C(C)=CC[C@@H]2[C@]13OC4=O. The number of fused-ring (bicyclic) bond motifs is 4. The van der Waals surface area contributed by atoms with Gasteiger partial charge in [-0.05, 0) is 75.5 Å². The lowest BCUT2D eigenvalue weighted by Gasteiger charge is -2.65. The number of carbonyl (C=O) groups excluding carboxylic acids is 1. The fourth-order valence-corrected chi connectivity index (χ4v) is 10.2. The molecular formula is C25H32O3. The number of hydrogen-bond acceptors (Lipinski definition) is 3. The van der Waals surface area contributed by atoms with Gasteiger partial charge in [-0.25, -0.2) is 0 Å². The minimum Gasteiger partial charge on any atom is -0.457 e. The highest BCUT2D eigenvalue weighted by atomic mass is 16.6. The Bertz CT molecular complexity index is 884. The molecule has 3 heteroatoms. The molecule has 0 unspecified atom stereocenters. The molecule has 2 spiro atoms. The number of carbonyl (C=O) groups is 1. The molecule has 7 aliphatic rings. The normalized spacial score (nSPS) is 61.7. The lowest BCUT2D eigenvalue weighted by atomic mass is 9.40. The van der Waals surface area contributed by atoms with Crippen LogP contribution in [0.2, 0.25) is 0 Å². The molecule has 0 amide bonds. The highest BCUT2D eigenvalue weighted by Gasteiger charge is 2.87. The third-order valence-electron chi connectivity index (χ3n) is 11.3. The molecule has 2 aliphatic heterocycles. The molecule has 0 bridgehead atoms. The average Bonchev–Trinajstić information content (AvgIpc) is 3.26. The van der Waals surface area contributed by atoms with E-state index in [-0.39, 0.29) is 33.9 Å². The summed E-state index contributed by atoms with van der Waals surface area (Å²) in [6.07, 6.45) is 7.09. The lowest BCUT2D eigenvalue weighted by molar-refractivity contribution is -0.244. The van der Waals surface area contributed by atoms with Gasteiger partial charge in [-0.15, -0.1) is 0 Å². The number of allylic oxidation sites excluding steroid dienone is 2.